The molecule has 0 heterocycles. The Kier molecular flexibility index (Phi) is 5.75. The van der Waals surface area contributed by atoms with Crippen LogP contribution in [-0.2, 0) is 9.53 Å². The van der Waals surface area contributed by atoms with Crippen LogP contribution in [0.25, 0.3) is 0 Å². The molecule has 0 saturated carbocycles. The van der Waals surface area contributed by atoms with Gasteiger partial charge in [0.2, 0.25) is 0 Å². The maximum absolute atomic E-state index is 10.9. The minimum absolute atomic E-state index is 0.213. The Morgan fingerprint density at radius 2 is 2.23 bits per heavy atom. The van der Waals surface area contributed by atoms with Crippen molar-refractivity contribution < 1.29 is 14.6 Å². The Morgan fingerprint density at radius 1 is 1.69 bits per heavy atom. The quantitative estimate of drug-likeness (QED) is 0.421. The van der Waals surface area contributed by atoms with Gasteiger partial charge in [-0.15, -0.1) is 11.6 Å². The second kappa shape index (κ2) is 6.00. The lowest BCUT2D eigenvalue weighted by molar-refractivity contribution is -0.139. The van der Waals surface area contributed by atoms with E-state index in [2.05, 4.69) is 6.58 Å². The Hall–Kier alpha value is -0.540. The number of halogens is 1. The lowest BCUT2D eigenvalue weighted by atomic mass is 10.2. The predicted octanol–water partition coefficient (Wildman–Crippen LogP) is 1.48. The number of esters is 1. The van der Waals surface area contributed by atoms with E-state index >= 15 is 0 Å². The number of hydrogen-bond acceptors (Lipinski definition) is 3. The van der Waals surface area contributed by atoms with Crippen molar-refractivity contribution in [3.05, 3.63) is 12.2 Å². The van der Waals surface area contributed by atoms with Crippen molar-refractivity contribution in [2.45, 2.75) is 31.7 Å². The molecule has 0 radical (unpaired) electrons. The lowest BCUT2D eigenvalue weighted by Crippen LogP contribution is -2.19. The summed E-state index contributed by atoms with van der Waals surface area (Å²) in [6.45, 7) is 6.82. The molecule has 0 aliphatic rings. The van der Waals surface area contributed by atoms with Crippen LogP contribution in [0.3, 0.4) is 0 Å². The molecule has 3 nitrogen and oxygen atoms in total. The number of carbonyl (C=O) groups is 1. The minimum Gasteiger partial charge on any atom is -0.462 e. The molecule has 0 aliphatic heterocycles. The first-order valence-electron chi connectivity index (χ1n) is 4.10. The van der Waals surface area contributed by atoms with Crippen molar-refractivity contribution >= 4 is 17.6 Å². The summed E-state index contributed by atoms with van der Waals surface area (Å²) in [5, 5.41) is 8.63. The Bertz CT molecular complexity index is 189. The zero-order chi connectivity index (χ0) is 10.4. The van der Waals surface area contributed by atoms with Gasteiger partial charge in [-0.1, -0.05) is 6.58 Å². The molecular formula is C9H15ClO3. The minimum atomic E-state index is -0.592. The summed E-state index contributed by atoms with van der Waals surface area (Å²) in [4.78, 5) is 10.9. The zero-order valence-electron chi connectivity index (χ0n) is 7.92. The van der Waals surface area contributed by atoms with Crippen LogP contribution in [0.1, 0.15) is 20.3 Å². The summed E-state index contributed by atoms with van der Waals surface area (Å²) in [6, 6.07) is 0. The topological polar surface area (TPSA) is 46.5 Å². The standard InChI is InChI=1S/C9H15ClO3/c1-6(2)9(12)13-5-4-8(10)7(3)11/h7-8,11H,1,4-5H2,2-3H3. The average molecular weight is 207 g/mol. The molecule has 0 aromatic rings. The molecule has 13 heavy (non-hydrogen) atoms. The molecule has 0 rings (SSSR count). The van der Waals surface area contributed by atoms with Gasteiger partial charge in [-0.3, -0.25) is 0 Å². The summed E-state index contributed by atoms with van der Waals surface area (Å²) in [6.07, 6.45) is -0.150. The van der Waals surface area contributed by atoms with E-state index in [0.29, 0.717) is 12.0 Å². The van der Waals surface area contributed by atoms with Gasteiger partial charge in [-0.05, 0) is 13.8 Å². The molecule has 0 aliphatic carbocycles. The number of hydrogen-bond donors (Lipinski definition) is 1. The molecule has 4 heteroatoms. The fourth-order valence-corrected chi connectivity index (χ4v) is 0.718. The first kappa shape index (κ1) is 12.5. The Labute approximate surface area is 83.3 Å². The molecule has 0 spiro atoms. The van der Waals surface area contributed by atoms with Crippen molar-refractivity contribution in [1.82, 2.24) is 0 Å². The van der Waals surface area contributed by atoms with Crippen LogP contribution in [0, 0.1) is 0 Å². The number of rotatable bonds is 5. The monoisotopic (exact) mass is 206 g/mol. The van der Waals surface area contributed by atoms with Gasteiger partial charge in [0.1, 0.15) is 0 Å². The second-order valence-electron chi connectivity index (χ2n) is 2.96. The summed E-state index contributed by atoms with van der Waals surface area (Å²) in [5.74, 6) is -0.422. The van der Waals surface area contributed by atoms with Gasteiger partial charge < -0.3 is 9.84 Å². The highest BCUT2D eigenvalue weighted by Gasteiger charge is 2.12. The average Bonchev–Trinajstić information content (AvgIpc) is 2.03. The van der Waals surface area contributed by atoms with Crippen molar-refractivity contribution in [3.8, 4) is 0 Å². The van der Waals surface area contributed by atoms with E-state index in [4.69, 9.17) is 21.4 Å². The van der Waals surface area contributed by atoms with E-state index in [1.54, 1.807) is 13.8 Å². The number of carbonyl (C=O) groups excluding carboxylic acids is 1. The molecule has 1 N–H and O–H groups in total. The third-order valence-corrected chi connectivity index (χ3v) is 2.08. The second-order valence-corrected chi connectivity index (χ2v) is 3.52. The van der Waals surface area contributed by atoms with Crippen LogP contribution >= 0.6 is 11.6 Å². The third kappa shape index (κ3) is 5.66. The largest absolute Gasteiger partial charge is 0.462 e. The van der Waals surface area contributed by atoms with Crippen LogP contribution in [-0.4, -0.2) is 29.2 Å². The Balaban J connectivity index is 3.56. The number of aliphatic hydroxyl groups is 1. The fourth-order valence-electron chi connectivity index (χ4n) is 0.629. The fraction of sp³-hybridized carbons (Fsp3) is 0.667. The summed E-state index contributed by atoms with van der Waals surface area (Å²) < 4.78 is 4.79. The number of alkyl halides is 1. The van der Waals surface area contributed by atoms with Gasteiger partial charge >= 0.3 is 5.97 Å². The highest BCUT2D eigenvalue weighted by Crippen LogP contribution is 2.07. The maximum Gasteiger partial charge on any atom is 0.333 e. The molecule has 0 aromatic heterocycles. The highest BCUT2D eigenvalue weighted by molar-refractivity contribution is 6.21. The van der Waals surface area contributed by atoms with Gasteiger partial charge in [0.15, 0.2) is 0 Å². The predicted molar refractivity (Wildman–Crippen MR) is 51.7 cm³/mol. The van der Waals surface area contributed by atoms with E-state index in [-0.39, 0.29) is 12.0 Å². The molecule has 2 unspecified atom stereocenters. The maximum atomic E-state index is 10.9. The van der Waals surface area contributed by atoms with Crippen LogP contribution in [0.15, 0.2) is 12.2 Å². The first-order valence-corrected chi connectivity index (χ1v) is 4.53. The third-order valence-electron chi connectivity index (χ3n) is 1.50. The van der Waals surface area contributed by atoms with Crippen LogP contribution < -0.4 is 0 Å². The van der Waals surface area contributed by atoms with E-state index < -0.39 is 12.1 Å². The molecule has 76 valence electrons. The van der Waals surface area contributed by atoms with Gasteiger partial charge in [0.25, 0.3) is 0 Å². The van der Waals surface area contributed by atoms with Gasteiger partial charge in [0, 0.05) is 12.0 Å². The summed E-state index contributed by atoms with van der Waals surface area (Å²) >= 11 is 5.72. The molecule has 0 saturated heterocycles. The van der Waals surface area contributed by atoms with Crippen molar-refractivity contribution in [2.75, 3.05) is 6.61 Å². The van der Waals surface area contributed by atoms with Crippen LogP contribution in [0.5, 0.6) is 0 Å². The Morgan fingerprint density at radius 3 is 2.62 bits per heavy atom. The molecule has 0 bridgehead atoms. The van der Waals surface area contributed by atoms with Gasteiger partial charge in [-0.2, -0.15) is 0 Å². The van der Waals surface area contributed by atoms with E-state index in [1.165, 1.54) is 0 Å². The normalized spacial score (nSPS) is 14.8. The van der Waals surface area contributed by atoms with Gasteiger partial charge in [0.05, 0.1) is 18.1 Å². The van der Waals surface area contributed by atoms with Crippen molar-refractivity contribution in [2.24, 2.45) is 0 Å². The van der Waals surface area contributed by atoms with Crippen LogP contribution in [0.4, 0.5) is 0 Å². The van der Waals surface area contributed by atoms with E-state index in [0.717, 1.165) is 0 Å². The summed E-state index contributed by atoms with van der Waals surface area (Å²) in [5.41, 5.74) is 0.364. The van der Waals surface area contributed by atoms with Crippen molar-refractivity contribution in [3.63, 3.8) is 0 Å². The smallest absolute Gasteiger partial charge is 0.333 e. The number of aliphatic hydroxyl groups excluding tert-OH is 1. The molecule has 0 aromatic carbocycles. The SMILES string of the molecule is C=C(C)C(=O)OCCC(Cl)C(C)O. The lowest BCUT2D eigenvalue weighted by Gasteiger charge is -2.11. The zero-order valence-corrected chi connectivity index (χ0v) is 8.67. The van der Waals surface area contributed by atoms with E-state index in [1.807, 2.05) is 0 Å². The van der Waals surface area contributed by atoms with Crippen LogP contribution in [0.2, 0.25) is 0 Å². The number of ether oxygens (including phenoxy) is 1. The van der Waals surface area contributed by atoms with Crippen molar-refractivity contribution in [1.29, 1.82) is 0 Å². The highest BCUT2D eigenvalue weighted by atomic mass is 35.5. The first-order chi connectivity index (χ1) is 5.95. The molecule has 0 fully saturated rings. The molecular weight excluding hydrogens is 192 g/mol. The molecule has 2 atom stereocenters. The summed E-state index contributed by atoms with van der Waals surface area (Å²) in [7, 11) is 0. The van der Waals surface area contributed by atoms with Gasteiger partial charge in [-0.25, -0.2) is 4.79 Å². The molecule has 0 amide bonds. The van der Waals surface area contributed by atoms with E-state index in [9.17, 15) is 4.79 Å².